The summed E-state index contributed by atoms with van der Waals surface area (Å²) in [7, 11) is 0. The van der Waals surface area contributed by atoms with E-state index in [4.69, 9.17) is 5.73 Å². The van der Waals surface area contributed by atoms with Crippen molar-refractivity contribution >= 4 is 5.69 Å². The maximum atomic E-state index is 14.1. The Bertz CT molecular complexity index is 750. The van der Waals surface area contributed by atoms with Crippen molar-refractivity contribution in [3.05, 3.63) is 60.2 Å². The first-order valence-electron chi connectivity index (χ1n) is 6.19. The molecule has 4 nitrogen and oxygen atoms in total. The third kappa shape index (κ3) is 2.03. The molecule has 3 rings (SSSR count). The number of nitrogens with two attached hydrogens (primary N) is 1. The summed E-state index contributed by atoms with van der Waals surface area (Å²) in [6.07, 6.45) is 0. The van der Waals surface area contributed by atoms with Gasteiger partial charge >= 0.3 is 0 Å². The number of anilines is 1. The zero-order valence-electron chi connectivity index (χ0n) is 10.9. The van der Waals surface area contributed by atoms with Gasteiger partial charge in [0, 0.05) is 11.4 Å². The Hall–Kier alpha value is -2.69. The second-order valence-electron chi connectivity index (χ2n) is 4.48. The number of hydrogen-bond donors (Lipinski definition) is 1. The summed E-state index contributed by atoms with van der Waals surface area (Å²) in [5.41, 5.74) is 7.23. The van der Waals surface area contributed by atoms with Crippen molar-refractivity contribution in [3.63, 3.8) is 0 Å². The molecule has 2 aromatic carbocycles. The van der Waals surface area contributed by atoms with Gasteiger partial charge in [-0.05, 0) is 37.3 Å². The van der Waals surface area contributed by atoms with Gasteiger partial charge < -0.3 is 5.73 Å². The highest BCUT2D eigenvalue weighted by Crippen LogP contribution is 2.26. The Labute approximate surface area is 115 Å². The van der Waals surface area contributed by atoms with E-state index in [9.17, 15) is 4.39 Å². The molecular weight excluding hydrogens is 255 g/mol. The number of para-hydroxylation sites is 1. The molecule has 3 aromatic rings. The Morgan fingerprint density at radius 2 is 1.80 bits per heavy atom. The van der Waals surface area contributed by atoms with Gasteiger partial charge in [0.1, 0.15) is 11.6 Å². The number of benzene rings is 2. The van der Waals surface area contributed by atoms with E-state index in [1.165, 1.54) is 6.07 Å². The van der Waals surface area contributed by atoms with E-state index in [1.807, 2.05) is 41.8 Å². The van der Waals surface area contributed by atoms with Crippen molar-refractivity contribution in [3.8, 4) is 17.1 Å². The molecule has 0 aliphatic carbocycles. The van der Waals surface area contributed by atoms with Gasteiger partial charge in [-0.25, -0.2) is 4.39 Å². The van der Waals surface area contributed by atoms with Gasteiger partial charge in [0.25, 0.3) is 0 Å². The molecule has 0 saturated heterocycles. The van der Waals surface area contributed by atoms with Crippen molar-refractivity contribution in [1.29, 1.82) is 0 Å². The maximum absolute atomic E-state index is 14.1. The predicted molar refractivity (Wildman–Crippen MR) is 75.9 cm³/mol. The van der Waals surface area contributed by atoms with Crippen LogP contribution < -0.4 is 5.73 Å². The lowest BCUT2D eigenvalue weighted by Gasteiger charge is -2.09. The minimum absolute atomic E-state index is 0.378. The molecule has 5 heteroatoms. The SMILES string of the molecule is Cc1nnc(-c2ccc(N)cc2F)n1-c1ccccc1. The van der Waals surface area contributed by atoms with Crippen LogP contribution >= 0.6 is 0 Å². The fourth-order valence-electron chi connectivity index (χ4n) is 2.14. The predicted octanol–water partition coefficient (Wildman–Crippen LogP) is 2.96. The van der Waals surface area contributed by atoms with Crippen LogP contribution in [-0.2, 0) is 0 Å². The summed E-state index contributed by atoms with van der Waals surface area (Å²) < 4.78 is 15.9. The molecule has 2 N–H and O–H groups in total. The van der Waals surface area contributed by atoms with Gasteiger partial charge in [-0.15, -0.1) is 10.2 Å². The molecule has 0 radical (unpaired) electrons. The summed E-state index contributed by atoms with van der Waals surface area (Å²) in [6, 6.07) is 14.2. The molecule has 0 aliphatic rings. The molecule has 0 atom stereocenters. The van der Waals surface area contributed by atoms with Gasteiger partial charge in [-0.1, -0.05) is 18.2 Å². The summed E-state index contributed by atoms with van der Waals surface area (Å²) in [6.45, 7) is 1.83. The van der Waals surface area contributed by atoms with Crippen LogP contribution in [0.1, 0.15) is 5.82 Å². The van der Waals surface area contributed by atoms with Gasteiger partial charge in [-0.2, -0.15) is 0 Å². The Balaban J connectivity index is 2.21. The first-order chi connectivity index (χ1) is 9.66. The van der Waals surface area contributed by atoms with Crippen LogP contribution in [0, 0.1) is 12.7 Å². The third-order valence-corrected chi connectivity index (χ3v) is 3.07. The number of halogens is 1. The fraction of sp³-hybridized carbons (Fsp3) is 0.0667. The second-order valence-corrected chi connectivity index (χ2v) is 4.48. The van der Waals surface area contributed by atoms with Crippen molar-refractivity contribution in [2.24, 2.45) is 0 Å². The monoisotopic (exact) mass is 268 g/mol. The van der Waals surface area contributed by atoms with Crippen LogP contribution in [0.3, 0.4) is 0 Å². The highest BCUT2D eigenvalue weighted by atomic mass is 19.1. The highest BCUT2D eigenvalue weighted by molar-refractivity contribution is 5.62. The molecule has 1 aromatic heterocycles. The first-order valence-corrected chi connectivity index (χ1v) is 6.19. The van der Waals surface area contributed by atoms with E-state index < -0.39 is 5.82 Å². The molecule has 0 saturated carbocycles. The Morgan fingerprint density at radius 3 is 2.50 bits per heavy atom. The number of hydrogen-bond acceptors (Lipinski definition) is 3. The largest absolute Gasteiger partial charge is 0.399 e. The zero-order valence-corrected chi connectivity index (χ0v) is 10.9. The maximum Gasteiger partial charge on any atom is 0.171 e. The van der Waals surface area contributed by atoms with Crippen LogP contribution in [0.25, 0.3) is 17.1 Å². The molecule has 0 spiro atoms. The second kappa shape index (κ2) is 4.77. The minimum atomic E-state index is -0.408. The summed E-state index contributed by atoms with van der Waals surface area (Å²) >= 11 is 0. The van der Waals surface area contributed by atoms with E-state index in [0.717, 1.165) is 5.69 Å². The highest BCUT2D eigenvalue weighted by Gasteiger charge is 2.16. The molecule has 0 aliphatic heterocycles. The fourth-order valence-corrected chi connectivity index (χ4v) is 2.14. The third-order valence-electron chi connectivity index (χ3n) is 3.07. The van der Waals surface area contributed by atoms with Crippen LogP contribution in [0.15, 0.2) is 48.5 Å². The van der Waals surface area contributed by atoms with Gasteiger partial charge in [0.2, 0.25) is 0 Å². The normalized spacial score (nSPS) is 10.7. The average molecular weight is 268 g/mol. The number of nitrogen functional groups attached to an aromatic ring is 1. The molecule has 1 heterocycles. The van der Waals surface area contributed by atoms with E-state index in [1.54, 1.807) is 12.1 Å². The lowest BCUT2D eigenvalue weighted by molar-refractivity contribution is 0.630. The van der Waals surface area contributed by atoms with E-state index >= 15 is 0 Å². The summed E-state index contributed by atoms with van der Waals surface area (Å²) in [5, 5.41) is 8.13. The number of nitrogens with zero attached hydrogens (tertiary/aromatic N) is 3. The summed E-state index contributed by atoms with van der Waals surface area (Å²) in [4.78, 5) is 0. The van der Waals surface area contributed by atoms with E-state index in [2.05, 4.69) is 10.2 Å². The molecule has 20 heavy (non-hydrogen) atoms. The lowest BCUT2D eigenvalue weighted by Crippen LogP contribution is -2.01. The number of aryl methyl sites for hydroxylation is 1. The Kier molecular flexibility index (Phi) is 2.95. The quantitative estimate of drug-likeness (QED) is 0.727. The van der Waals surface area contributed by atoms with E-state index in [0.29, 0.717) is 22.9 Å². The van der Waals surface area contributed by atoms with Crippen molar-refractivity contribution < 1.29 is 4.39 Å². The van der Waals surface area contributed by atoms with Crippen LogP contribution in [-0.4, -0.2) is 14.8 Å². The van der Waals surface area contributed by atoms with Crippen LogP contribution in [0.5, 0.6) is 0 Å². The molecule has 100 valence electrons. The van der Waals surface area contributed by atoms with Crippen molar-refractivity contribution in [2.75, 3.05) is 5.73 Å². The van der Waals surface area contributed by atoms with Crippen molar-refractivity contribution in [2.45, 2.75) is 6.92 Å². The van der Waals surface area contributed by atoms with Gasteiger partial charge in [-0.3, -0.25) is 4.57 Å². The summed E-state index contributed by atoms with van der Waals surface area (Å²) in [5.74, 6) is 0.753. The first kappa shape index (κ1) is 12.3. The zero-order chi connectivity index (χ0) is 14.1. The molecule has 0 fully saturated rings. The number of aromatic nitrogens is 3. The van der Waals surface area contributed by atoms with E-state index in [-0.39, 0.29) is 0 Å². The Morgan fingerprint density at radius 1 is 1.05 bits per heavy atom. The molecule has 0 unspecified atom stereocenters. The molecular formula is C15H13FN4. The van der Waals surface area contributed by atoms with Crippen molar-refractivity contribution in [1.82, 2.24) is 14.8 Å². The number of rotatable bonds is 2. The topological polar surface area (TPSA) is 56.7 Å². The average Bonchev–Trinajstić information content (AvgIpc) is 2.81. The van der Waals surface area contributed by atoms with Crippen LogP contribution in [0.2, 0.25) is 0 Å². The molecule has 0 amide bonds. The lowest BCUT2D eigenvalue weighted by atomic mass is 10.1. The van der Waals surface area contributed by atoms with Gasteiger partial charge in [0.05, 0.1) is 5.56 Å². The minimum Gasteiger partial charge on any atom is -0.399 e. The van der Waals surface area contributed by atoms with Gasteiger partial charge in [0.15, 0.2) is 5.82 Å². The smallest absolute Gasteiger partial charge is 0.171 e. The van der Waals surface area contributed by atoms with Crippen LogP contribution in [0.4, 0.5) is 10.1 Å². The standard InChI is InChI=1S/C15H13FN4/c1-10-18-19-15(13-8-7-11(17)9-14(13)16)20(10)12-5-3-2-4-6-12/h2-9H,17H2,1H3. The molecule has 0 bridgehead atoms.